The Morgan fingerprint density at radius 3 is 2.74 bits per heavy atom. The first-order valence-corrected chi connectivity index (χ1v) is 6.42. The molecule has 0 aromatic heterocycles. The Morgan fingerprint density at radius 2 is 2.16 bits per heavy atom. The molecule has 0 bridgehead atoms. The van der Waals surface area contributed by atoms with Crippen LogP contribution in [0, 0.1) is 0 Å². The molecule has 1 fully saturated rings. The van der Waals surface area contributed by atoms with Crippen molar-refractivity contribution in [1.29, 1.82) is 0 Å². The van der Waals surface area contributed by atoms with Gasteiger partial charge in [0.15, 0.2) is 0 Å². The van der Waals surface area contributed by atoms with E-state index in [0.29, 0.717) is 5.46 Å². The van der Waals surface area contributed by atoms with Crippen molar-refractivity contribution >= 4 is 12.6 Å². The minimum absolute atomic E-state index is 0.289. The number of nitrogens with zero attached hydrogens (tertiary/aromatic N) is 1. The Morgan fingerprint density at radius 1 is 1.37 bits per heavy atom. The highest BCUT2D eigenvalue weighted by Crippen LogP contribution is 2.21. The fraction of sp³-hybridized carbons (Fsp3) is 0.538. The highest BCUT2D eigenvalue weighted by molar-refractivity contribution is 6.58. The molecule has 0 amide bonds. The Labute approximate surface area is 113 Å². The molecule has 1 aromatic rings. The van der Waals surface area contributed by atoms with E-state index in [0.717, 1.165) is 37.4 Å². The summed E-state index contributed by atoms with van der Waals surface area (Å²) < 4.78 is 10.7. The highest BCUT2D eigenvalue weighted by Gasteiger charge is 2.23. The summed E-state index contributed by atoms with van der Waals surface area (Å²) in [6, 6.07) is 5.21. The van der Waals surface area contributed by atoms with E-state index in [1.54, 1.807) is 32.4 Å². The molecular formula is C13H20BNO4. The number of rotatable bonds is 5. The third-order valence-corrected chi connectivity index (χ3v) is 3.56. The van der Waals surface area contributed by atoms with E-state index in [2.05, 4.69) is 4.90 Å². The summed E-state index contributed by atoms with van der Waals surface area (Å²) in [6.07, 6.45) is 1.32. The zero-order valence-electron chi connectivity index (χ0n) is 11.4. The van der Waals surface area contributed by atoms with Gasteiger partial charge in [-0.3, -0.25) is 4.90 Å². The molecule has 0 radical (unpaired) electrons. The van der Waals surface area contributed by atoms with Gasteiger partial charge in [-0.1, -0.05) is 12.1 Å². The second-order valence-electron chi connectivity index (χ2n) is 4.83. The Kier molecular flexibility index (Phi) is 4.82. The maximum absolute atomic E-state index is 9.23. The van der Waals surface area contributed by atoms with Gasteiger partial charge in [-0.2, -0.15) is 0 Å². The van der Waals surface area contributed by atoms with E-state index in [1.807, 2.05) is 0 Å². The maximum atomic E-state index is 9.23. The van der Waals surface area contributed by atoms with Gasteiger partial charge in [0.25, 0.3) is 0 Å². The van der Waals surface area contributed by atoms with E-state index in [4.69, 9.17) is 9.47 Å². The number of likely N-dealkylation sites (tertiary alicyclic amines) is 1. The van der Waals surface area contributed by atoms with Crippen molar-refractivity contribution in [2.45, 2.75) is 19.1 Å². The average Bonchev–Trinajstić information content (AvgIpc) is 2.86. The third kappa shape index (κ3) is 3.48. The molecule has 1 unspecified atom stereocenters. The second-order valence-corrected chi connectivity index (χ2v) is 4.83. The lowest BCUT2D eigenvalue weighted by atomic mass is 9.79. The normalized spacial score (nSPS) is 19.7. The topological polar surface area (TPSA) is 62.2 Å². The first-order chi connectivity index (χ1) is 9.13. The highest BCUT2D eigenvalue weighted by atomic mass is 16.5. The second kappa shape index (κ2) is 6.39. The molecule has 0 spiro atoms. The van der Waals surface area contributed by atoms with Crippen LogP contribution in [-0.4, -0.2) is 55.5 Å². The Hall–Kier alpha value is -1.08. The van der Waals surface area contributed by atoms with Gasteiger partial charge in [0.05, 0.1) is 13.2 Å². The average molecular weight is 265 g/mol. The van der Waals surface area contributed by atoms with Crippen LogP contribution in [-0.2, 0) is 11.3 Å². The molecule has 104 valence electrons. The van der Waals surface area contributed by atoms with Crippen LogP contribution in [0.25, 0.3) is 0 Å². The van der Waals surface area contributed by atoms with Gasteiger partial charge in [-0.15, -0.1) is 0 Å². The first-order valence-electron chi connectivity index (χ1n) is 6.42. The van der Waals surface area contributed by atoms with Crippen molar-refractivity contribution in [2.24, 2.45) is 0 Å². The molecule has 19 heavy (non-hydrogen) atoms. The molecule has 0 aliphatic carbocycles. The van der Waals surface area contributed by atoms with Gasteiger partial charge < -0.3 is 19.5 Å². The lowest BCUT2D eigenvalue weighted by Gasteiger charge is -2.18. The number of hydrogen-bond donors (Lipinski definition) is 2. The fourth-order valence-electron chi connectivity index (χ4n) is 2.46. The monoisotopic (exact) mass is 265 g/mol. The van der Waals surface area contributed by atoms with Gasteiger partial charge in [0, 0.05) is 32.3 Å². The number of ether oxygens (including phenoxy) is 2. The third-order valence-electron chi connectivity index (χ3n) is 3.56. The molecule has 1 atom stereocenters. The van der Waals surface area contributed by atoms with Gasteiger partial charge in [-0.25, -0.2) is 0 Å². The van der Waals surface area contributed by atoms with Gasteiger partial charge in [0.2, 0.25) is 0 Å². The van der Waals surface area contributed by atoms with Crippen LogP contribution in [0.4, 0.5) is 0 Å². The van der Waals surface area contributed by atoms with Gasteiger partial charge in [-0.05, 0) is 17.9 Å². The van der Waals surface area contributed by atoms with E-state index in [1.165, 1.54) is 0 Å². The van der Waals surface area contributed by atoms with Crippen molar-refractivity contribution in [3.05, 3.63) is 23.8 Å². The molecular weight excluding hydrogens is 245 g/mol. The summed E-state index contributed by atoms with van der Waals surface area (Å²) in [4.78, 5) is 2.28. The minimum Gasteiger partial charge on any atom is -0.496 e. The van der Waals surface area contributed by atoms with Crippen LogP contribution >= 0.6 is 0 Å². The standard InChI is InChI=1S/C13H20BNO4/c1-18-12-5-6-15(9-12)8-10-7-11(14(16)17)3-4-13(10)19-2/h3-4,7,12,16-17H,5-6,8-9H2,1-2H3. The predicted molar refractivity (Wildman–Crippen MR) is 73.5 cm³/mol. The molecule has 2 N–H and O–H groups in total. The maximum Gasteiger partial charge on any atom is 0.488 e. The minimum atomic E-state index is -1.45. The molecule has 1 aromatic carbocycles. The smallest absolute Gasteiger partial charge is 0.488 e. The molecule has 1 heterocycles. The molecule has 1 aliphatic heterocycles. The molecule has 2 rings (SSSR count). The largest absolute Gasteiger partial charge is 0.496 e. The number of hydrogen-bond acceptors (Lipinski definition) is 5. The van der Waals surface area contributed by atoms with Crippen LogP contribution < -0.4 is 10.2 Å². The van der Waals surface area contributed by atoms with Crippen LogP contribution in [0.2, 0.25) is 0 Å². The van der Waals surface area contributed by atoms with Crippen molar-refractivity contribution in [3.8, 4) is 5.75 Å². The van der Waals surface area contributed by atoms with Crippen molar-refractivity contribution in [3.63, 3.8) is 0 Å². The van der Waals surface area contributed by atoms with Crippen LogP contribution in [0.5, 0.6) is 5.75 Å². The number of methoxy groups -OCH3 is 2. The van der Waals surface area contributed by atoms with Gasteiger partial charge in [0.1, 0.15) is 5.75 Å². The predicted octanol–water partition coefficient (Wildman–Crippen LogP) is -0.404. The first kappa shape index (κ1) is 14.3. The Bertz CT molecular complexity index is 427. The summed E-state index contributed by atoms with van der Waals surface area (Å²) in [5.41, 5.74) is 1.45. The number of benzene rings is 1. The van der Waals surface area contributed by atoms with Crippen LogP contribution in [0.1, 0.15) is 12.0 Å². The molecule has 0 saturated carbocycles. The summed E-state index contributed by atoms with van der Waals surface area (Å²) in [5, 5.41) is 18.5. The molecule has 6 heteroatoms. The van der Waals surface area contributed by atoms with E-state index in [-0.39, 0.29) is 6.10 Å². The SMILES string of the molecule is COc1ccc(B(O)O)cc1CN1CCC(OC)C1. The van der Waals surface area contributed by atoms with Crippen molar-refractivity contribution in [1.82, 2.24) is 4.90 Å². The van der Waals surface area contributed by atoms with E-state index < -0.39 is 7.12 Å². The summed E-state index contributed by atoms with van der Waals surface area (Å²) in [5.74, 6) is 0.769. The zero-order chi connectivity index (χ0) is 13.8. The summed E-state index contributed by atoms with van der Waals surface area (Å²) in [7, 11) is 1.91. The lowest BCUT2D eigenvalue weighted by Crippen LogP contribution is -2.31. The lowest BCUT2D eigenvalue weighted by molar-refractivity contribution is 0.107. The Balaban J connectivity index is 2.11. The van der Waals surface area contributed by atoms with Gasteiger partial charge >= 0.3 is 7.12 Å². The van der Waals surface area contributed by atoms with E-state index in [9.17, 15) is 10.0 Å². The molecule has 1 saturated heterocycles. The van der Waals surface area contributed by atoms with Crippen molar-refractivity contribution < 1.29 is 19.5 Å². The van der Waals surface area contributed by atoms with Crippen LogP contribution in [0.15, 0.2) is 18.2 Å². The van der Waals surface area contributed by atoms with E-state index >= 15 is 0 Å². The molecule has 5 nitrogen and oxygen atoms in total. The zero-order valence-corrected chi connectivity index (χ0v) is 11.4. The quantitative estimate of drug-likeness (QED) is 0.709. The van der Waals surface area contributed by atoms with Crippen LogP contribution in [0.3, 0.4) is 0 Å². The van der Waals surface area contributed by atoms with Crippen molar-refractivity contribution in [2.75, 3.05) is 27.3 Å². The summed E-state index contributed by atoms with van der Waals surface area (Å²) in [6.45, 7) is 2.60. The summed E-state index contributed by atoms with van der Waals surface area (Å²) >= 11 is 0. The fourth-order valence-corrected chi connectivity index (χ4v) is 2.46. The molecule has 1 aliphatic rings.